The summed E-state index contributed by atoms with van der Waals surface area (Å²) in [6, 6.07) is 7.55. The Balaban J connectivity index is 1.84. The van der Waals surface area contributed by atoms with Crippen molar-refractivity contribution in [2.45, 2.75) is 38.4 Å². The number of hydrogen-bond acceptors (Lipinski definition) is 5. The number of benzene rings is 2. The predicted octanol–water partition coefficient (Wildman–Crippen LogP) is 3.25. The number of anilines is 2. The molecule has 1 fully saturated rings. The fourth-order valence-corrected chi connectivity index (χ4v) is 3.73. The van der Waals surface area contributed by atoms with Crippen LogP contribution in [0.5, 0.6) is 0 Å². The zero-order valence-corrected chi connectivity index (χ0v) is 18.7. The minimum absolute atomic E-state index is 0.0286. The van der Waals surface area contributed by atoms with Crippen molar-refractivity contribution in [3.05, 3.63) is 71.4 Å². The van der Waals surface area contributed by atoms with Crippen LogP contribution >= 0.6 is 0 Å². The van der Waals surface area contributed by atoms with Crippen LogP contribution in [-0.2, 0) is 27.0 Å². The molecule has 2 aromatic carbocycles. The maximum absolute atomic E-state index is 13.5. The second-order valence-electron chi connectivity index (χ2n) is 8.07. The lowest BCUT2D eigenvalue weighted by molar-refractivity contribution is -0.138. The number of nitrogen functional groups attached to an aromatic ring is 1. The maximum Gasteiger partial charge on any atom is 0.416 e. The molecular weight excluding hydrogens is 465 g/mol. The third-order valence-electron chi connectivity index (χ3n) is 5.38. The number of piperidine rings is 1. The van der Waals surface area contributed by atoms with E-state index in [0.717, 1.165) is 17.0 Å². The SMILES string of the molecule is C=C(C)N(C(=O)c1c(N)cccc1NC(=O)Cc1ccc(C(F)(F)F)cc1)C1CCC(=O)NC1=O. The van der Waals surface area contributed by atoms with Crippen molar-refractivity contribution in [1.29, 1.82) is 0 Å². The predicted molar refractivity (Wildman–Crippen MR) is 122 cm³/mol. The number of rotatable bonds is 6. The van der Waals surface area contributed by atoms with Gasteiger partial charge in [-0.1, -0.05) is 24.8 Å². The molecule has 8 nitrogen and oxygen atoms in total. The lowest BCUT2D eigenvalue weighted by Gasteiger charge is -2.33. The largest absolute Gasteiger partial charge is 0.416 e. The minimum atomic E-state index is -4.49. The first-order chi connectivity index (χ1) is 16.4. The molecule has 1 saturated heterocycles. The summed E-state index contributed by atoms with van der Waals surface area (Å²) in [5.41, 5.74) is 5.78. The number of nitrogens with two attached hydrogens (primary N) is 1. The summed E-state index contributed by atoms with van der Waals surface area (Å²) in [5.74, 6) is -2.39. The van der Waals surface area contributed by atoms with E-state index in [4.69, 9.17) is 5.73 Å². The number of carbonyl (C=O) groups is 4. The molecule has 35 heavy (non-hydrogen) atoms. The monoisotopic (exact) mass is 488 g/mol. The highest BCUT2D eigenvalue weighted by atomic mass is 19.4. The van der Waals surface area contributed by atoms with Gasteiger partial charge in [0.2, 0.25) is 17.7 Å². The van der Waals surface area contributed by atoms with Crippen molar-refractivity contribution < 1.29 is 32.3 Å². The minimum Gasteiger partial charge on any atom is -0.398 e. The molecule has 4 N–H and O–H groups in total. The van der Waals surface area contributed by atoms with Gasteiger partial charge in [-0.3, -0.25) is 24.5 Å². The molecule has 1 aliphatic heterocycles. The second-order valence-corrected chi connectivity index (χ2v) is 8.07. The fraction of sp³-hybridized carbons (Fsp3) is 0.250. The molecular formula is C24H23F3N4O4. The Hall–Kier alpha value is -4.15. The summed E-state index contributed by atoms with van der Waals surface area (Å²) in [6.45, 7) is 5.28. The molecule has 1 atom stereocenters. The van der Waals surface area contributed by atoms with Crippen LogP contribution in [0.15, 0.2) is 54.7 Å². The molecule has 0 bridgehead atoms. The highest BCUT2D eigenvalue weighted by Crippen LogP contribution is 2.30. The van der Waals surface area contributed by atoms with Gasteiger partial charge in [0.25, 0.3) is 5.91 Å². The number of carbonyl (C=O) groups excluding carboxylic acids is 4. The zero-order valence-electron chi connectivity index (χ0n) is 18.7. The summed E-state index contributed by atoms with van der Waals surface area (Å²) in [4.78, 5) is 51.1. The van der Waals surface area contributed by atoms with E-state index in [0.29, 0.717) is 5.56 Å². The molecule has 4 amide bonds. The lowest BCUT2D eigenvalue weighted by atomic mass is 10.0. The van der Waals surface area contributed by atoms with E-state index in [1.807, 2.05) is 0 Å². The van der Waals surface area contributed by atoms with Gasteiger partial charge in [-0.25, -0.2) is 0 Å². The van der Waals surface area contributed by atoms with E-state index in [1.165, 1.54) is 37.3 Å². The van der Waals surface area contributed by atoms with E-state index in [-0.39, 0.29) is 41.9 Å². The van der Waals surface area contributed by atoms with E-state index < -0.39 is 41.4 Å². The molecule has 0 spiro atoms. The average Bonchev–Trinajstić information content (AvgIpc) is 2.75. The molecule has 1 unspecified atom stereocenters. The summed E-state index contributed by atoms with van der Waals surface area (Å²) in [5, 5.41) is 4.76. The molecule has 184 valence electrons. The zero-order chi connectivity index (χ0) is 25.9. The Kier molecular flexibility index (Phi) is 7.28. The first kappa shape index (κ1) is 25.5. The van der Waals surface area contributed by atoms with Gasteiger partial charge >= 0.3 is 6.18 Å². The number of nitrogens with zero attached hydrogens (tertiary/aromatic N) is 1. The Bertz CT molecular complexity index is 1190. The van der Waals surface area contributed by atoms with Gasteiger partial charge in [-0.05, 0) is 43.2 Å². The van der Waals surface area contributed by atoms with Gasteiger partial charge in [-0.2, -0.15) is 13.2 Å². The van der Waals surface area contributed by atoms with Crippen LogP contribution in [0.4, 0.5) is 24.5 Å². The molecule has 0 aromatic heterocycles. The third kappa shape index (κ3) is 5.86. The van der Waals surface area contributed by atoms with Gasteiger partial charge in [-0.15, -0.1) is 0 Å². The third-order valence-corrected chi connectivity index (χ3v) is 5.38. The molecule has 1 aliphatic rings. The van der Waals surface area contributed by atoms with Crippen LogP contribution in [0.3, 0.4) is 0 Å². The van der Waals surface area contributed by atoms with Gasteiger partial charge in [0.05, 0.1) is 23.2 Å². The molecule has 2 aromatic rings. The first-order valence-electron chi connectivity index (χ1n) is 10.6. The molecule has 0 saturated carbocycles. The van der Waals surface area contributed by atoms with Crippen molar-refractivity contribution in [2.24, 2.45) is 0 Å². The molecule has 1 heterocycles. The summed E-state index contributed by atoms with van der Waals surface area (Å²) < 4.78 is 38.3. The van der Waals surface area contributed by atoms with E-state index in [1.54, 1.807) is 0 Å². The number of amides is 4. The smallest absolute Gasteiger partial charge is 0.398 e. The van der Waals surface area contributed by atoms with Gasteiger partial charge in [0, 0.05) is 17.8 Å². The van der Waals surface area contributed by atoms with Crippen molar-refractivity contribution in [2.75, 3.05) is 11.1 Å². The molecule has 3 rings (SSSR count). The number of nitrogens with one attached hydrogen (secondary N) is 2. The maximum atomic E-state index is 13.5. The van der Waals surface area contributed by atoms with Crippen LogP contribution in [-0.4, -0.2) is 34.6 Å². The number of hydrogen-bond donors (Lipinski definition) is 3. The Morgan fingerprint density at radius 2 is 1.83 bits per heavy atom. The normalized spacial score (nSPS) is 15.8. The van der Waals surface area contributed by atoms with Crippen molar-refractivity contribution in [1.82, 2.24) is 10.2 Å². The van der Waals surface area contributed by atoms with Crippen molar-refractivity contribution in [3.8, 4) is 0 Å². The number of allylic oxidation sites excluding steroid dienone is 1. The standard InChI is InChI=1S/C24H23F3N4O4/c1-13(2)31(18-10-11-19(32)30-22(18)34)23(35)21-16(28)4-3-5-17(21)29-20(33)12-14-6-8-15(9-7-14)24(25,26)27/h3-9,18H,1,10-12,28H2,2H3,(H,29,33)(H,30,32,34). The van der Waals surface area contributed by atoms with E-state index >= 15 is 0 Å². The van der Waals surface area contributed by atoms with E-state index in [2.05, 4.69) is 17.2 Å². The molecule has 0 aliphatic carbocycles. The topological polar surface area (TPSA) is 122 Å². The van der Waals surface area contributed by atoms with Crippen molar-refractivity contribution in [3.63, 3.8) is 0 Å². The van der Waals surface area contributed by atoms with Crippen LogP contribution < -0.4 is 16.4 Å². The number of imide groups is 1. The highest BCUT2D eigenvalue weighted by molar-refractivity contribution is 6.10. The summed E-state index contributed by atoms with van der Waals surface area (Å²) >= 11 is 0. The summed E-state index contributed by atoms with van der Waals surface area (Å²) in [6.07, 6.45) is -4.62. The van der Waals surface area contributed by atoms with Crippen LogP contribution in [0.25, 0.3) is 0 Å². The Labute approximate surface area is 199 Å². The Morgan fingerprint density at radius 3 is 2.40 bits per heavy atom. The quantitative estimate of drug-likeness (QED) is 0.426. The summed E-state index contributed by atoms with van der Waals surface area (Å²) in [7, 11) is 0. The fourth-order valence-electron chi connectivity index (χ4n) is 3.73. The van der Waals surface area contributed by atoms with Crippen LogP contribution in [0.2, 0.25) is 0 Å². The number of alkyl halides is 3. The average molecular weight is 488 g/mol. The second kappa shape index (κ2) is 10.00. The van der Waals surface area contributed by atoms with E-state index in [9.17, 15) is 32.3 Å². The van der Waals surface area contributed by atoms with Gasteiger partial charge in [0.15, 0.2) is 0 Å². The molecule has 11 heteroatoms. The first-order valence-corrected chi connectivity index (χ1v) is 10.6. The lowest BCUT2D eigenvalue weighted by Crippen LogP contribution is -2.53. The van der Waals surface area contributed by atoms with Crippen molar-refractivity contribution >= 4 is 35.0 Å². The highest BCUT2D eigenvalue weighted by Gasteiger charge is 2.36. The van der Waals surface area contributed by atoms with Gasteiger partial charge in [0.1, 0.15) is 6.04 Å². The van der Waals surface area contributed by atoms with Crippen LogP contribution in [0, 0.1) is 0 Å². The van der Waals surface area contributed by atoms with Crippen LogP contribution in [0.1, 0.15) is 41.3 Å². The Morgan fingerprint density at radius 1 is 1.17 bits per heavy atom. The van der Waals surface area contributed by atoms with Gasteiger partial charge < -0.3 is 16.0 Å². The molecule has 0 radical (unpaired) electrons. The number of halogens is 3.